The van der Waals surface area contributed by atoms with E-state index in [0.29, 0.717) is 24.2 Å². The normalized spacial score (nSPS) is 14.6. The summed E-state index contributed by atoms with van der Waals surface area (Å²) < 4.78 is 4.66. The molecule has 1 fully saturated rings. The molecule has 0 bridgehead atoms. The lowest BCUT2D eigenvalue weighted by atomic mass is 10.1. The highest BCUT2D eigenvalue weighted by Gasteiger charge is 2.23. The van der Waals surface area contributed by atoms with Gasteiger partial charge in [0.25, 0.3) is 5.91 Å². The first-order valence-electron chi connectivity index (χ1n) is 7.73. The maximum Gasteiger partial charge on any atom is 0.337 e. The lowest BCUT2D eigenvalue weighted by Gasteiger charge is -2.34. The number of aryl methyl sites for hydroxylation is 1. The maximum atomic E-state index is 12.6. The molecular formula is C17H19N3O3S. The van der Waals surface area contributed by atoms with E-state index < -0.39 is 5.97 Å². The van der Waals surface area contributed by atoms with Crippen LogP contribution in [0.3, 0.4) is 0 Å². The van der Waals surface area contributed by atoms with E-state index in [1.54, 1.807) is 35.6 Å². The molecule has 0 saturated carbocycles. The van der Waals surface area contributed by atoms with Crippen LogP contribution in [0.1, 0.15) is 26.4 Å². The van der Waals surface area contributed by atoms with Gasteiger partial charge in [0.2, 0.25) is 0 Å². The molecule has 0 unspecified atom stereocenters. The van der Waals surface area contributed by atoms with E-state index in [4.69, 9.17) is 0 Å². The van der Waals surface area contributed by atoms with Crippen molar-refractivity contribution in [1.29, 1.82) is 0 Å². The van der Waals surface area contributed by atoms with Crippen LogP contribution in [-0.2, 0) is 4.74 Å². The van der Waals surface area contributed by atoms with E-state index in [9.17, 15) is 9.59 Å². The van der Waals surface area contributed by atoms with Crippen LogP contribution in [0.5, 0.6) is 0 Å². The average Bonchev–Trinajstić information content (AvgIpc) is 3.07. The van der Waals surface area contributed by atoms with E-state index in [1.165, 1.54) is 7.11 Å². The van der Waals surface area contributed by atoms with Crippen LogP contribution >= 0.6 is 11.3 Å². The summed E-state index contributed by atoms with van der Waals surface area (Å²) in [4.78, 5) is 32.6. The molecular weight excluding hydrogens is 326 g/mol. The Bertz CT molecular complexity index is 734. The van der Waals surface area contributed by atoms with Gasteiger partial charge in [-0.2, -0.15) is 0 Å². The van der Waals surface area contributed by atoms with Crippen LogP contribution < -0.4 is 4.90 Å². The number of carbonyl (C=O) groups is 2. The van der Waals surface area contributed by atoms with E-state index in [-0.39, 0.29) is 5.91 Å². The number of anilines is 1. The molecule has 3 rings (SSSR count). The molecule has 0 spiro atoms. The number of ether oxygens (including phenoxy) is 1. The molecule has 1 aromatic carbocycles. The number of carbonyl (C=O) groups excluding carboxylic acids is 2. The topological polar surface area (TPSA) is 62.7 Å². The lowest BCUT2D eigenvalue weighted by Crippen LogP contribution is -2.48. The fourth-order valence-corrected chi connectivity index (χ4v) is 3.49. The standard InChI is InChI=1S/C17H19N3O3S/c1-12-11-24-17(18-12)20-9-7-19(8-10-20)15(21)13-3-5-14(6-4-13)16(22)23-2/h3-6,11H,7-10H2,1-2H3. The van der Waals surface area contributed by atoms with Gasteiger partial charge in [0.15, 0.2) is 5.13 Å². The molecule has 1 amide bonds. The number of amides is 1. The minimum Gasteiger partial charge on any atom is -0.465 e. The van der Waals surface area contributed by atoms with Gasteiger partial charge in [0.1, 0.15) is 0 Å². The number of aromatic nitrogens is 1. The molecule has 6 nitrogen and oxygen atoms in total. The predicted molar refractivity (Wildman–Crippen MR) is 92.7 cm³/mol. The van der Waals surface area contributed by atoms with Crippen molar-refractivity contribution in [1.82, 2.24) is 9.88 Å². The van der Waals surface area contributed by atoms with Gasteiger partial charge in [0, 0.05) is 37.1 Å². The summed E-state index contributed by atoms with van der Waals surface area (Å²) in [7, 11) is 1.34. The van der Waals surface area contributed by atoms with E-state index in [2.05, 4.69) is 14.6 Å². The van der Waals surface area contributed by atoms with Gasteiger partial charge in [-0.05, 0) is 31.2 Å². The van der Waals surface area contributed by atoms with Crippen molar-refractivity contribution >= 4 is 28.3 Å². The summed E-state index contributed by atoms with van der Waals surface area (Å²) in [6.07, 6.45) is 0. The minimum atomic E-state index is -0.402. The Labute approximate surface area is 144 Å². The van der Waals surface area contributed by atoms with Crippen molar-refractivity contribution in [3.63, 3.8) is 0 Å². The van der Waals surface area contributed by atoms with E-state index in [1.807, 2.05) is 17.2 Å². The first kappa shape index (κ1) is 16.4. The number of piperazine rings is 1. The molecule has 1 aliphatic rings. The van der Waals surface area contributed by atoms with Crippen molar-refractivity contribution < 1.29 is 14.3 Å². The maximum absolute atomic E-state index is 12.6. The summed E-state index contributed by atoms with van der Waals surface area (Å²) in [6.45, 7) is 4.86. The van der Waals surface area contributed by atoms with Gasteiger partial charge in [-0.15, -0.1) is 11.3 Å². The Morgan fingerprint density at radius 3 is 2.25 bits per heavy atom. The van der Waals surface area contributed by atoms with Gasteiger partial charge < -0.3 is 14.5 Å². The van der Waals surface area contributed by atoms with Crippen LogP contribution in [-0.4, -0.2) is 55.0 Å². The number of rotatable bonds is 3. The fraction of sp³-hybridized carbons (Fsp3) is 0.353. The number of hydrogen-bond donors (Lipinski definition) is 0. The molecule has 0 aliphatic carbocycles. The summed E-state index contributed by atoms with van der Waals surface area (Å²) in [6, 6.07) is 6.58. The second-order valence-corrected chi connectivity index (χ2v) is 6.46. The lowest BCUT2D eigenvalue weighted by molar-refractivity contribution is 0.0599. The molecule has 2 aromatic rings. The minimum absolute atomic E-state index is 0.0126. The van der Waals surface area contributed by atoms with Crippen LogP contribution in [0.25, 0.3) is 0 Å². The molecule has 7 heteroatoms. The molecule has 2 heterocycles. The van der Waals surface area contributed by atoms with Crippen LogP contribution in [0.2, 0.25) is 0 Å². The highest BCUT2D eigenvalue weighted by atomic mass is 32.1. The highest BCUT2D eigenvalue weighted by Crippen LogP contribution is 2.22. The van der Waals surface area contributed by atoms with Crippen LogP contribution in [0.4, 0.5) is 5.13 Å². The van der Waals surface area contributed by atoms with Gasteiger partial charge in [0.05, 0.1) is 18.4 Å². The second-order valence-electron chi connectivity index (χ2n) is 5.62. The van der Waals surface area contributed by atoms with Gasteiger partial charge in [-0.25, -0.2) is 9.78 Å². The first-order chi connectivity index (χ1) is 11.6. The van der Waals surface area contributed by atoms with Crippen molar-refractivity contribution in [2.75, 3.05) is 38.2 Å². The summed E-state index contributed by atoms with van der Waals surface area (Å²) >= 11 is 1.64. The largest absolute Gasteiger partial charge is 0.465 e. The van der Waals surface area contributed by atoms with Crippen molar-refractivity contribution in [3.8, 4) is 0 Å². The van der Waals surface area contributed by atoms with E-state index in [0.717, 1.165) is 23.9 Å². The molecule has 0 N–H and O–H groups in total. The zero-order valence-electron chi connectivity index (χ0n) is 13.7. The van der Waals surface area contributed by atoms with Crippen molar-refractivity contribution in [2.45, 2.75) is 6.92 Å². The Balaban J connectivity index is 1.61. The zero-order valence-corrected chi connectivity index (χ0v) is 14.5. The molecule has 1 saturated heterocycles. The monoisotopic (exact) mass is 345 g/mol. The molecule has 126 valence electrons. The van der Waals surface area contributed by atoms with Gasteiger partial charge >= 0.3 is 5.97 Å². The molecule has 1 aliphatic heterocycles. The number of nitrogens with zero attached hydrogens (tertiary/aromatic N) is 3. The number of thiazole rings is 1. The van der Waals surface area contributed by atoms with Gasteiger partial charge in [-0.1, -0.05) is 0 Å². The third-order valence-electron chi connectivity index (χ3n) is 4.00. The SMILES string of the molecule is COC(=O)c1ccc(C(=O)N2CCN(c3nc(C)cs3)CC2)cc1. The number of esters is 1. The van der Waals surface area contributed by atoms with Crippen molar-refractivity contribution in [3.05, 3.63) is 46.5 Å². The predicted octanol–water partition coefficient (Wildman–Crippen LogP) is 2.20. The van der Waals surface area contributed by atoms with Crippen LogP contribution in [0.15, 0.2) is 29.6 Å². The van der Waals surface area contributed by atoms with Crippen LogP contribution in [0, 0.1) is 6.92 Å². The molecule has 0 radical (unpaired) electrons. The van der Waals surface area contributed by atoms with Crippen molar-refractivity contribution in [2.24, 2.45) is 0 Å². The average molecular weight is 345 g/mol. The fourth-order valence-electron chi connectivity index (χ4n) is 2.64. The highest BCUT2D eigenvalue weighted by molar-refractivity contribution is 7.13. The number of methoxy groups -OCH3 is 1. The Kier molecular flexibility index (Phi) is 4.80. The summed E-state index contributed by atoms with van der Waals surface area (Å²) in [5.41, 5.74) is 2.05. The third kappa shape index (κ3) is 3.41. The summed E-state index contributed by atoms with van der Waals surface area (Å²) in [5.74, 6) is -0.414. The quantitative estimate of drug-likeness (QED) is 0.798. The number of benzene rings is 1. The zero-order chi connectivity index (χ0) is 17.1. The Hall–Kier alpha value is -2.41. The Morgan fingerprint density at radius 2 is 1.71 bits per heavy atom. The molecule has 1 aromatic heterocycles. The second kappa shape index (κ2) is 7.00. The first-order valence-corrected chi connectivity index (χ1v) is 8.61. The van der Waals surface area contributed by atoms with E-state index >= 15 is 0 Å². The summed E-state index contributed by atoms with van der Waals surface area (Å²) in [5, 5.41) is 3.05. The molecule has 0 atom stereocenters. The smallest absolute Gasteiger partial charge is 0.337 e. The third-order valence-corrected chi connectivity index (χ3v) is 5.02. The number of hydrogen-bond acceptors (Lipinski definition) is 6. The molecule has 24 heavy (non-hydrogen) atoms. The Morgan fingerprint density at radius 1 is 1.08 bits per heavy atom. The van der Waals surface area contributed by atoms with Gasteiger partial charge in [-0.3, -0.25) is 4.79 Å².